The fourth-order valence-electron chi connectivity index (χ4n) is 2.91. The standard InChI is InChI=1S/C15H22N4O/c1-3-12-8-18-14(20-12)10-19-11-17-9-13(19)15(2)4-6-16-7-5-15/h8-9,11,16H,3-7,10H2,1-2H3. The molecule has 1 saturated heterocycles. The molecule has 0 atom stereocenters. The lowest BCUT2D eigenvalue weighted by molar-refractivity contribution is 0.315. The zero-order chi connectivity index (χ0) is 14.0. The van der Waals surface area contributed by atoms with E-state index >= 15 is 0 Å². The molecule has 0 aromatic carbocycles. The molecule has 0 unspecified atom stereocenters. The topological polar surface area (TPSA) is 55.9 Å². The van der Waals surface area contributed by atoms with Gasteiger partial charge in [0.2, 0.25) is 5.89 Å². The third-order valence-electron chi connectivity index (χ3n) is 4.29. The number of nitrogens with zero attached hydrogens (tertiary/aromatic N) is 3. The quantitative estimate of drug-likeness (QED) is 0.928. The Labute approximate surface area is 119 Å². The van der Waals surface area contributed by atoms with E-state index in [9.17, 15) is 0 Å². The largest absolute Gasteiger partial charge is 0.444 e. The monoisotopic (exact) mass is 274 g/mol. The smallest absolute Gasteiger partial charge is 0.214 e. The van der Waals surface area contributed by atoms with Crippen LogP contribution in [0, 0.1) is 0 Å². The first-order chi connectivity index (χ1) is 9.71. The van der Waals surface area contributed by atoms with Gasteiger partial charge in [0.05, 0.1) is 12.5 Å². The van der Waals surface area contributed by atoms with E-state index in [1.165, 1.54) is 5.69 Å². The molecule has 20 heavy (non-hydrogen) atoms. The highest BCUT2D eigenvalue weighted by molar-refractivity contribution is 5.16. The van der Waals surface area contributed by atoms with Crippen LogP contribution in [0.4, 0.5) is 0 Å². The van der Waals surface area contributed by atoms with Gasteiger partial charge in [-0.05, 0) is 25.9 Å². The van der Waals surface area contributed by atoms with Gasteiger partial charge >= 0.3 is 0 Å². The van der Waals surface area contributed by atoms with E-state index in [0.29, 0.717) is 6.54 Å². The molecule has 0 spiro atoms. The third-order valence-corrected chi connectivity index (χ3v) is 4.29. The van der Waals surface area contributed by atoms with E-state index in [1.807, 2.05) is 18.7 Å². The molecular formula is C15H22N4O. The molecule has 2 aromatic rings. The lowest BCUT2D eigenvalue weighted by atomic mass is 9.78. The Morgan fingerprint density at radius 2 is 2.15 bits per heavy atom. The van der Waals surface area contributed by atoms with E-state index in [1.54, 1.807) is 0 Å². The van der Waals surface area contributed by atoms with Crippen LogP contribution in [0.5, 0.6) is 0 Å². The molecule has 108 valence electrons. The maximum Gasteiger partial charge on any atom is 0.214 e. The second-order valence-electron chi connectivity index (χ2n) is 5.79. The molecule has 0 aliphatic carbocycles. The molecule has 1 aliphatic rings. The first-order valence-corrected chi connectivity index (χ1v) is 7.36. The van der Waals surface area contributed by atoms with Gasteiger partial charge in [-0.15, -0.1) is 0 Å². The summed E-state index contributed by atoms with van der Waals surface area (Å²) < 4.78 is 7.89. The zero-order valence-electron chi connectivity index (χ0n) is 12.2. The number of nitrogens with one attached hydrogen (secondary N) is 1. The molecular weight excluding hydrogens is 252 g/mol. The maximum atomic E-state index is 5.71. The number of oxazole rings is 1. The number of hydrogen-bond donors (Lipinski definition) is 1. The first-order valence-electron chi connectivity index (χ1n) is 7.36. The zero-order valence-corrected chi connectivity index (χ0v) is 12.2. The molecule has 3 heterocycles. The summed E-state index contributed by atoms with van der Waals surface area (Å²) in [7, 11) is 0. The summed E-state index contributed by atoms with van der Waals surface area (Å²) in [5, 5.41) is 3.42. The Morgan fingerprint density at radius 3 is 2.85 bits per heavy atom. The van der Waals surface area contributed by atoms with Crippen LogP contribution in [0.2, 0.25) is 0 Å². The van der Waals surface area contributed by atoms with Crippen molar-refractivity contribution in [1.82, 2.24) is 19.9 Å². The minimum atomic E-state index is 0.196. The lowest BCUT2D eigenvalue weighted by Crippen LogP contribution is -2.39. The van der Waals surface area contributed by atoms with E-state index in [-0.39, 0.29) is 5.41 Å². The fraction of sp³-hybridized carbons (Fsp3) is 0.600. The van der Waals surface area contributed by atoms with E-state index < -0.39 is 0 Å². The molecule has 1 fully saturated rings. The van der Waals surface area contributed by atoms with Crippen molar-refractivity contribution in [3.8, 4) is 0 Å². The van der Waals surface area contributed by atoms with Crippen LogP contribution in [-0.2, 0) is 18.4 Å². The summed E-state index contributed by atoms with van der Waals surface area (Å²) in [6.45, 7) is 7.21. The number of piperidine rings is 1. The maximum absolute atomic E-state index is 5.71. The van der Waals surface area contributed by atoms with Crippen LogP contribution >= 0.6 is 0 Å². The first kappa shape index (κ1) is 13.4. The molecule has 0 radical (unpaired) electrons. The van der Waals surface area contributed by atoms with Crippen molar-refractivity contribution in [2.75, 3.05) is 13.1 Å². The van der Waals surface area contributed by atoms with Gasteiger partial charge in [-0.2, -0.15) is 0 Å². The summed E-state index contributed by atoms with van der Waals surface area (Å²) in [5.74, 6) is 1.70. The highest BCUT2D eigenvalue weighted by Crippen LogP contribution is 2.32. The van der Waals surface area contributed by atoms with Crippen LogP contribution in [0.3, 0.4) is 0 Å². The molecule has 1 N–H and O–H groups in total. The van der Waals surface area contributed by atoms with E-state index in [2.05, 4.69) is 33.7 Å². The molecule has 5 heteroatoms. The Balaban J connectivity index is 1.82. The molecule has 3 rings (SSSR count). The van der Waals surface area contributed by atoms with Gasteiger partial charge in [-0.3, -0.25) is 0 Å². The fourth-order valence-corrected chi connectivity index (χ4v) is 2.91. The van der Waals surface area contributed by atoms with Gasteiger partial charge in [0, 0.05) is 23.7 Å². The third kappa shape index (κ3) is 2.50. The lowest BCUT2D eigenvalue weighted by Gasteiger charge is -2.34. The van der Waals surface area contributed by atoms with E-state index in [0.717, 1.165) is 44.0 Å². The van der Waals surface area contributed by atoms with Crippen LogP contribution in [0.25, 0.3) is 0 Å². The van der Waals surface area contributed by atoms with Crippen molar-refractivity contribution >= 4 is 0 Å². The number of imidazole rings is 1. The number of rotatable bonds is 4. The highest BCUT2D eigenvalue weighted by atomic mass is 16.4. The molecule has 0 saturated carbocycles. The van der Waals surface area contributed by atoms with Crippen molar-refractivity contribution < 1.29 is 4.42 Å². The Morgan fingerprint density at radius 1 is 1.35 bits per heavy atom. The number of aryl methyl sites for hydroxylation is 1. The van der Waals surface area contributed by atoms with Crippen molar-refractivity contribution in [2.24, 2.45) is 0 Å². The van der Waals surface area contributed by atoms with Crippen molar-refractivity contribution in [3.63, 3.8) is 0 Å². The summed E-state index contributed by atoms with van der Waals surface area (Å²) >= 11 is 0. The molecule has 1 aliphatic heterocycles. The van der Waals surface area contributed by atoms with Gasteiger partial charge in [-0.1, -0.05) is 13.8 Å². The molecule has 0 amide bonds. The minimum Gasteiger partial charge on any atom is -0.444 e. The average Bonchev–Trinajstić information content (AvgIpc) is 3.09. The predicted octanol–water partition coefficient (Wildman–Crippen LogP) is 2.12. The highest BCUT2D eigenvalue weighted by Gasteiger charge is 2.31. The van der Waals surface area contributed by atoms with Gasteiger partial charge in [0.1, 0.15) is 12.3 Å². The van der Waals surface area contributed by atoms with Crippen LogP contribution in [0.15, 0.2) is 23.1 Å². The summed E-state index contributed by atoms with van der Waals surface area (Å²) in [4.78, 5) is 8.68. The van der Waals surface area contributed by atoms with Crippen LogP contribution in [-0.4, -0.2) is 27.6 Å². The van der Waals surface area contributed by atoms with Gasteiger partial charge in [0.25, 0.3) is 0 Å². The Bertz CT molecular complexity index is 566. The van der Waals surface area contributed by atoms with Crippen LogP contribution in [0.1, 0.15) is 44.0 Å². The Kier molecular flexibility index (Phi) is 3.61. The second-order valence-corrected chi connectivity index (χ2v) is 5.79. The minimum absolute atomic E-state index is 0.196. The second kappa shape index (κ2) is 5.40. The Hall–Kier alpha value is -1.62. The van der Waals surface area contributed by atoms with E-state index in [4.69, 9.17) is 4.42 Å². The van der Waals surface area contributed by atoms with Gasteiger partial charge < -0.3 is 14.3 Å². The number of aromatic nitrogens is 3. The predicted molar refractivity (Wildman–Crippen MR) is 76.7 cm³/mol. The van der Waals surface area contributed by atoms with Gasteiger partial charge in [0.15, 0.2) is 0 Å². The summed E-state index contributed by atoms with van der Waals surface area (Å²) in [5.41, 5.74) is 1.48. The summed E-state index contributed by atoms with van der Waals surface area (Å²) in [6, 6.07) is 0. The van der Waals surface area contributed by atoms with Gasteiger partial charge in [-0.25, -0.2) is 9.97 Å². The normalized spacial score (nSPS) is 18.3. The SMILES string of the molecule is CCc1cnc(Cn2cncc2C2(C)CCNCC2)o1. The molecule has 2 aromatic heterocycles. The van der Waals surface area contributed by atoms with Crippen molar-refractivity contribution in [3.05, 3.63) is 36.1 Å². The average molecular weight is 274 g/mol. The van der Waals surface area contributed by atoms with Crippen molar-refractivity contribution in [2.45, 2.75) is 45.1 Å². The van der Waals surface area contributed by atoms with Crippen molar-refractivity contribution in [1.29, 1.82) is 0 Å². The molecule has 0 bridgehead atoms. The number of hydrogen-bond acceptors (Lipinski definition) is 4. The molecule has 5 nitrogen and oxygen atoms in total. The summed E-state index contributed by atoms with van der Waals surface area (Å²) in [6.07, 6.45) is 8.87. The van der Waals surface area contributed by atoms with Crippen LogP contribution < -0.4 is 5.32 Å².